The van der Waals surface area contributed by atoms with E-state index in [0.717, 1.165) is 34.1 Å². The summed E-state index contributed by atoms with van der Waals surface area (Å²) in [4.78, 5) is 0. The molecule has 1 atom stereocenters. The Hall–Kier alpha value is -0.900. The van der Waals surface area contributed by atoms with E-state index in [4.69, 9.17) is 11.6 Å². The van der Waals surface area contributed by atoms with Gasteiger partial charge in [-0.3, -0.25) is 0 Å². The second-order valence-corrected chi connectivity index (χ2v) is 6.26. The third kappa shape index (κ3) is 3.85. The average Bonchev–Trinajstić information content (AvgIpc) is 2.47. The van der Waals surface area contributed by atoms with Crippen molar-refractivity contribution in [2.24, 2.45) is 0 Å². The molecule has 4 heteroatoms. The molecule has 0 spiro atoms. The maximum Gasteiger partial charge on any atom is 0.123 e. The van der Waals surface area contributed by atoms with Crippen molar-refractivity contribution < 1.29 is 4.39 Å². The lowest BCUT2D eigenvalue weighted by atomic mass is 9.94. The first kappa shape index (κ1) is 16.5. The molecule has 0 aliphatic rings. The molecule has 0 fully saturated rings. The highest BCUT2D eigenvalue weighted by atomic mass is 79.9. The maximum atomic E-state index is 13.7. The standard InChI is InChI=1S/C17H18BrClFN/c1-3-9-21-17(13-5-4-6-15(18)16(13)19)14-10-12(20)8-7-11(14)2/h4-8,10,17,21H,3,9H2,1-2H3. The van der Waals surface area contributed by atoms with E-state index in [1.165, 1.54) is 6.07 Å². The molecule has 0 bridgehead atoms. The van der Waals surface area contributed by atoms with Crippen LogP contribution in [0.25, 0.3) is 0 Å². The summed E-state index contributed by atoms with van der Waals surface area (Å²) in [6, 6.07) is 10.6. The number of nitrogens with one attached hydrogen (secondary N) is 1. The van der Waals surface area contributed by atoms with E-state index in [1.54, 1.807) is 12.1 Å². The highest BCUT2D eigenvalue weighted by Gasteiger charge is 2.19. The molecule has 1 N–H and O–H groups in total. The number of halogens is 3. The summed E-state index contributed by atoms with van der Waals surface area (Å²) in [5.74, 6) is -0.231. The van der Waals surface area contributed by atoms with E-state index in [0.29, 0.717) is 5.02 Å². The lowest BCUT2D eigenvalue weighted by Crippen LogP contribution is -2.24. The van der Waals surface area contributed by atoms with Crippen LogP contribution in [0.15, 0.2) is 40.9 Å². The van der Waals surface area contributed by atoms with Gasteiger partial charge in [0.1, 0.15) is 5.82 Å². The summed E-state index contributed by atoms with van der Waals surface area (Å²) in [6.45, 7) is 4.93. The quantitative estimate of drug-likeness (QED) is 0.718. The first-order chi connectivity index (χ1) is 10.0. The van der Waals surface area contributed by atoms with Crippen LogP contribution in [0, 0.1) is 12.7 Å². The molecule has 0 aliphatic heterocycles. The molecular weight excluding hydrogens is 353 g/mol. The van der Waals surface area contributed by atoms with Gasteiger partial charge in [-0.05, 0) is 70.7 Å². The topological polar surface area (TPSA) is 12.0 Å². The fraction of sp³-hybridized carbons (Fsp3) is 0.294. The lowest BCUT2D eigenvalue weighted by molar-refractivity contribution is 0.583. The van der Waals surface area contributed by atoms with Crippen LogP contribution in [0.5, 0.6) is 0 Å². The first-order valence-electron chi connectivity index (χ1n) is 6.98. The predicted molar refractivity (Wildman–Crippen MR) is 90.4 cm³/mol. The zero-order valence-electron chi connectivity index (χ0n) is 12.1. The Balaban J connectivity index is 2.52. The third-order valence-electron chi connectivity index (χ3n) is 3.44. The van der Waals surface area contributed by atoms with Crippen molar-refractivity contribution in [3.63, 3.8) is 0 Å². The molecular formula is C17H18BrClFN. The molecule has 0 aliphatic carbocycles. The molecule has 0 saturated carbocycles. The summed E-state index contributed by atoms with van der Waals surface area (Å²) >= 11 is 9.88. The van der Waals surface area contributed by atoms with E-state index in [1.807, 2.05) is 25.1 Å². The number of aryl methyl sites for hydroxylation is 1. The highest BCUT2D eigenvalue weighted by molar-refractivity contribution is 9.10. The Kier molecular flexibility index (Phi) is 5.80. The van der Waals surface area contributed by atoms with Gasteiger partial charge >= 0.3 is 0 Å². The minimum Gasteiger partial charge on any atom is -0.306 e. The fourth-order valence-electron chi connectivity index (χ4n) is 2.34. The molecule has 1 unspecified atom stereocenters. The molecule has 21 heavy (non-hydrogen) atoms. The van der Waals surface area contributed by atoms with Gasteiger partial charge in [0.05, 0.1) is 11.1 Å². The summed E-state index contributed by atoms with van der Waals surface area (Å²) in [5, 5.41) is 4.13. The molecule has 2 aromatic rings. The molecule has 0 saturated heterocycles. The summed E-state index contributed by atoms with van der Waals surface area (Å²) in [7, 11) is 0. The molecule has 0 amide bonds. The number of hydrogen-bond donors (Lipinski definition) is 1. The summed E-state index contributed by atoms with van der Waals surface area (Å²) in [5.41, 5.74) is 2.91. The fourth-order valence-corrected chi connectivity index (χ4v) is 2.96. The monoisotopic (exact) mass is 369 g/mol. The van der Waals surface area contributed by atoms with Crippen LogP contribution < -0.4 is 5.32 Å². The van der Waals surface area contributed by atoms with Crippen LogP contribution in [-0.2, 0) is 0 Å². The number of rotatable bonds is 5. The molecule has 0 radical (unpaired) electrons. The second kappa shape index (κ2) is 7.39. The van der Waals surface area contributed by atoms with Gasteiger partial charge < -0.3 is 5.32 Å². The van der Waals surface area contributed by atoms with E-state index >= 15 is 0 Å². The van der Waals surface area contributed by atoms with Crippen molar-refractivity contribution in [1.29, 1.82) is 0 Å². The first-order valence-corrected chi connectivity index (χ1v) is 8.15. The molecule has 1 nitrogen and oxygen atoms in total. The number of benzene rings is 2. The van der Waals surface area contributed by atoms with E-state index in [-0.39, 0.29) is 11.9 Å². The summed E-state index contributed by atoms with van der Waals surface area (Å²) < 4.78 is 14.5. The van der Waals surface area contributed by atoms with Crippen LogP contribution in [0.1, 0.15) is 36.1 Å². The van der Waals surface area contributed by atoms with Gasteiger partial charge in [0.15, 0.2) is 0 Å². The van der Waals surface area contributed by atoms with E-state index in [2.05, 4.69) is 28.2 Å². The Morgan fingerprint density at radius 1 is 1.24 bits per heavy atom. The van der Waals surface area contributed by atoms with Crippen LogP contribution >= 0.6 is 27.5 Å². The van der Waals surface area contributed by atoms with Crippen molar-refractivity contribution in [3.05, 3.63) is 68.4 Å². The molecule has 0 aromatic heterocycles. The van der Waals surface area contributed by atoms with Crippen LogP contribution in [-0.4, -0.2) is 6.54 Å². The molecule has 2 aromatic carbocycles. The van der Waals surface area contributed by atoms with Gasteiger partial charge in [0.25, 0.3) is 0 Å². The van der Waals surface area contributed by atoms with Gasteiger partial charge in [0.2, 0.25) is 0 Å². The normalized spacial score (nSPS) is 12.4. The average molecular weight is 371 g/mol. The number of hydrogen-bond acceptors (Lipinski definition) is 1. The van der Waals surface area contributed by atoms with Crippen molar-refractivity contribution >= 4 is 27.5 Å². The smallest absolute Gasteiger partial charge is 0.123 e. The van der Waals surface area contributed by atoms with Crippen molar-refractivity contribution in [3.8, 4) is 0 Å². The summed E-state index contributed by atoms with van der Waals surface area (Å²) in [6.07, 6.45) is 0.997. The zero-order chi connectivity index (χ0) is 15.4. The Morgan fingerprint density at radius 3 is 2.71 bits per heavy atom. The van der Waals surface area contributed by atoms with Gasteiger partial charge in [-0.1, -0.05) is 36.7 Å². The molecule has 0 heterocycles. The van der Waals surface area contributed by atoms with Crippen LogP contribution in [0.2, 0.25) is 5.02 Å². The van der Waals surface area contributed by atoms with E-state index < -0.39 is 0 Å². The van der Waals surface area contributed by atoms with Crippen LogP contribution in [0.3, 0.4) is 0 Å². The zero-order valence-corrected chi connectivity index (χ0v) is 14.4. The minimum absolute atomic E-state index is 0.120. The maximum absolute atomic E-state index is 13.7. The SMILES string of the molecule is CCCNC(c1cc(F)ccc1C)c1cccc(Br)c1Cl. The largest absolute Gasteiger partial charge is 0.306 e. The Morgan fingerprint density at radius 2 is 2.00 bits per heavy atom. The van der Waals surface area contributed by atoms with Gasteiger partial charge in [-0.2, -0.15) is 0 Å². The van der Waals surface area contributed by atoms with Crippen molar-refractivity contribution in [2.75, 3.05) is 6.54 Å². The van der Waals surface area contributed by atoms with Gasteiger partial charge in [-0.25, -0.2) is 4.39 Å². The minimum atomic E-state index is -0.231. The van der Waals surface area contributed by atoms with Gasteiger partial charge in [0, 0.05) is 4.47 Å². The molecule has 112 valence electrons. The Labute approximate surface area is 138 Å². The predicted octanol–water partition coefficient (Wildman–Crippen LogP) is 5.64. The van der Waals surface area contributed by atoms with Crippen molar-refractivity contribution in [2.45, 2.75) is 26.3 Å². The second-order valence-electron chi connectivity index (χ2n) is 5.03. The van der Waals surface area contributed by atoms with Gasteiger partial charge in [-0.15, -0.1) is 0 Å². The third-order valence-corrected chi connectivity index (χ3v) is 4.75. The highest BCUT2D eigenvalue weighted by Crippen LogP contribution is 2.34. The molecule has 2 rings (SSSR count). The van der Waals surface area contributed by atoms with Crippen LogP contribution in [0.4, 0.5) is 4.39 Å². The Bertz CT molecular complexity index is 628. The van der Waals surface area contributed by atoms with E-state index in [9.17, 15) is 4.39 Å². The lowest BCUT2D eigenvalue weighted by Gasteiger charge is -2.23. The van der Waals surface area contributed by atoms with Crippen molar-refractivity contribution in [1.82, 2.24) is 5.32 Å².